The third-order valence-electron chi connectivity index (χ3n) is 4.85. The second kappa shape index (κ2) is 9.35. The van der Waals surface area contributed by atoms with Gasteiger partial charge in [-0.05, 0) is 43.7 Å². The summed E-state index contributed by atoms with van der Waals surface area (Å²) in [5.41, 5.74) is 2.01. The number of rotatable bonds is 5. The van der Waals surface area contributed by atoms with Crippen LogP contribution in [0.2, 0.25) is 0 Å². The maximum atomic E-state index is 9.61. The fourth-order valence-electron chi connectivity index (χ4n) is 3.15. The molecule has 0 amide bonds. The normalized spacial score (nSPS) is 14.8. The SMILES string of the molecule is CN(C)c1ccc(/C=C/c2ncc(/C=C/C3=C(C#N)C(=C(C#N)C#N)OC3(C)C)s2)cc1. The summed E-state index contributed by atoms with van der Waals surface area (Å²) in [6.45, 7) is 3.59. The van der Waals surface area contributed by atoms with Gasteiger partial charge in [-0.25, -0.2) is 4.98 Å². The minimum atomic E-state index is -0.831. The number of allylic oxidation sites excluding steroid dienone is 2. The zero-order valence-electron chi connectivity index (χ0n) is 18.2. The Kier molecular flexibility index (Phi) is 6.59. The predicted octanol–water partition coefficient (Wildman–Crippen LogP) is 5.32. The van der Waals surface area contributed by atoms with Gasteiger partial charge in [0.15, 0.2) is 11.3 Å². The summed E-state index contributed by atoms with van der Waals surface area (Å²) < 4.78 is 5.77. The van der Waals surface area contributed by atoms with Crippen molar-refractivity contribution in [2.75, 3.05) is 19.0 Å². The van der Waals surface area contributed by atoms with Crippen molar-refractivity contribution in [1.29, 1.82) is 15.8 Å². The van der Waals surface area contributed by atoms with E-state index in [4.69, 9.17) is 15.3 Å². The van der Waals surface area contributed by atoms with Gasteiger partial charge >= 0.3 is 0 Å². The van der Waals surface area contributed by atoms with Gasteiger partial charge < -0.3 is 9.64 Å². The van der Waals surface area contributed by atoms with Crippen LogP contribution in [-0.4, -0.2) is 24.7 Å². The number of nitrogens with zero attached hydrogens (tertiary/aromatic N) is 5. The summed E-state index contributed by atoms with van der Waals surface area (Å²) in [6, 6.07) is 13.9. The monoisotopic (exact) mass is 439 g/mol. The van der Waals surface area contributed by atoms with Crippen LogP contribution in [0, 0.1) is 34.0 Å². The highest BCUT2D eigenvalue weighted by atomic mass is 32.1. The van der Waals surface area contributed by atoms with E-state index in [1.54, 1.807) is 38.3 Å². The lowest BCUT2D eigenvalue weighted by molar-refractivity contribution is 0.0954. The Bertz CT molecular complexity index is 1250. The highest BCUT2D eigenvalue weighted by Gasteiger charge is 2.38. The van der Waals surface area contributed by atoms with Crippen LogP contribution in [0.5, 0.6) is 0 Å². The molecule has 1 aromatic heterocycles. The predicted molar refractivity (Wildman–Crippen MR) is 127 cm³/mol. The van der Waals surface area contributed by atoms with Crippen molar-refractivity contribution < 1.29 is 4.74 Å². The van der Waals surface area contributed by atoms with Crippen molar-refractivity contribution in [3.05, 3.63) is 74.5 Å². The topological polar surface area (TPSA) is 96.7 Å². The van der Waals surface area contributed by atoms with E-state index in [1.807, 2.05) is 32.3 Å². The van der Waals surface area contributed by atoms with E-state index in [1.165, 1.54) is 11.3 Å². The molecule has 0 fully saturated rings. The number of nitriles is 3. The maximum absolute atomic E-state index is 9.61. The summed E-state index contributed by atoms with van der Waals surface area (Å²) in [4.78, 5) is 7.39. The zero-order valence-corrected chi connectivity index (χ0v) is 19.1. The molecule has 0 aliphatic carbocycles. The van der Waals surface area contributed by atoms with E-state index < -0.39 is 5.60 Å². The second-order valence-electron chi connectivity index (χ2n) is 7.69. The van der Waals surface area contributed by atoms with Gasteiger partial charge in [0.1, 0.15) is 34.4 Å². The van der Waals surface area contributed by atoms with E-state index in [9.17, 15) is 5.26 Å². The average molecular weight is 440 g/mol. The van der Waals surface area contributed by atoms with Gasteiger partial charge in [-0.2, -0.15) is 15.8 Å². The Morgan fingerprint density at radius 2 is 1.72 bits per heavy atom. The molecule has 7 heteroatoms. The molecule has 0 saturated carbocycles. The van der Waals surface area contributed by atoms with Gasteiger partial charge in [0.25, 0.3) is 0 Å². The maximum Gasteiger partial charge on any atom is 0.172 e. The molecule has 0 radical (unpaired) electrons. The average Bonchev–Trinajstić information content (AvgIpc) is 3.33. The van der Waals surface area contributed by atoms with Crippen LogP contribution in [0.3, 0.4) is 0 Å². The number of benzene rings is 1. The zero-order chi connectivity index (χ0) is 23.3. The molecule has 3 rings (SSSR count). The highest BCUT2D eigenvalue weighted by Crippen LogP contribution is 2.40. The van der Waals surface area contributed by atoms with Crippen molar-refractivity contribution >= 4 is 35.3 Å². The molecule has 0 unspecified atom stereocenters. The summed E-state index contributed by atoms with van der Waals surface area (Å²) in [5.74, 6) is 0.0374. The van der Waals surface area contributed by atoms with Crippen LogP contribution in [0.15, 0.2) is 59.0 Å². The molecule has 2 heterocycles. The lowest BCUT2D eigenvalue weighted by Crippen LogP contribution is -2.20. The minimum Gasteiger partial charge on any atom is -0.480 e. The largest absolute Gasteiger partial charge is 0.480 e. The fourth-order valence-corrected chi connectivity index (χ4v) is 3.88. The van der Waals surface area contributed by atoms with Crippen LogP contribution in [0.1, 0.15) is 29.3 Å². The van der Waals surface area contributed by atoms with Gasteiger partial charge in [-0.3, -0.25) is 0 Å². The minimum absolute atomic E-state index is 0.0374. The molecule has 0 saturated heterocycles. The lowest BCUT2D eigenvalue weighted by Gasteiger charge is -2.20. The van der Waals surface area contributed by atoms with Crippen molar-refractivity contribution in [2.45, 2.75) is 19.4 Å². The van der Waals surface area contributed by atoms with Gasteiger partial charge in [0.2, 0.25) is 0 Å². The number of anilines is 1. The molecule has 1 aliphatic heterocycles. The van der Waals surface area contributed by atoms with E-state index >= 15 is 0 Å². The quantitative estimate of drug-likeness (QED) is 0.585. The first-order chi connectivity index (χ1) is 15.3. The number of aromatic nitrogens is 1. The van der Waals surface area contributed by atoms with Gasteiger partial charge in [0.05, 0.1) is 0 Å². The Balaban J connectivity index is 1.83. The van der Waals surface area contributed by atoms with Crippen molar-refractivity contribution in [3.63, 3.8) is 0 Å². The third kappa shape index (κ3) is 4.78. The Hall–Kier alpha value is -4.12. The summed E-state index contributed by atoms with van der Waals surface area (Å²) in [7, 11) is 4.01. The van der Waals surface area contributed by atoms with Gasteiger partial charge in [-0.15, -0.1) is 11.3 Å². The molecule has 6 nitrogen and oxygen atoms in total. The number of ether oxygens (including phenoxy) is 1. The van der Waals surface area contributed by atoms with Crippen molar-refractivity contribution in [3.8, 4) is 18.2 Å². The molecule has 1 aromatic carbocycles. The lowest BCUT2D eigenvalue weighted by atomic mass is 9.94. The Morgan fingerprint density at radius 1 is 1.03 bits per heavy atom. The first kappa shape index (κ1) is 22.6. The van der Waals surface area contributed by atoms with Crippen LogP contribution in [-0.2, 0) is 4.74 Å². The standard InChI is InChI=1S/C25H21N5OS/c1-25(2)22(21(15-28)24(31-25)18(13-26)14-27)11-10-20-16-29-23(32-20)12-7-17-5-8-19(9-6-17)30(3)4/h5-12,16H,1-4H3/b11-10+,12-7+. The number of thiazole rings is 1. The van der Waals surface area contributed by atoms with Crippen LogP contribution in [0.4, 0.5) is 5.69 Å². The molecule has 0 spiro atoms. The summed E-state index contributed by atoms with van der Waals surface area (Å²) >= 11 is 1.51. The third-order valence-corrected chi connectivity index (χ3v) is 5.78. The highest BCUT2D eigenvalue weighted by molar-refractivity contribution is 7.13. The molecule has 0 bridgehead atoms. The van der Waals surface area contributed by atoms with E-state index in [0.29, 0.717) is 5.57 Å². The summed E-state index contributed by atoms with van der Waals surface area (Å²) in [5, 5.41) is 28.8. The number of hydrogen-bond donors (Lipinski definition) is 0. The molecule has 0 atom stereocenters. The van der Waals surface area contributed by atoms with E-state index in [2.05, 4.69) is 40.2 Å². The van der Waals surface area contributed by atoms with Gasteiger partial charge in [-0.1, -0.05) is 24.3 Å². The van der Waals surface area contributed by atoms with Crippen LogP contribution in [0.25, 0.3) is 18.2 Å². The first-order valence-electron chi connectivity index (χ1n) is 9.77. The number of hydrogen-bond acceptors (Lipinski definition) is 7. The molecule has 1 aliphatic rings. The Morgan fingerprint density at radius 3 is 2.31 bits per heavy atom. The first-order valence-corrected chi connectivity index (χ1v) is 10.6. The van der Waals surface area contributed by atoms with Crippen molar-refractivity contribution in [2.24, 2.45) is 0 Å². The van der Waals surface area contributed by atoms with Crippen LogP contribution < -0.4 is 4.90 Å². The molecule has 32 heavy (non-hydrogen) atoms. The molecular formula is C25H21N5OS. The molecule has 0 N–H and O–H groups in total. The van der Waals surface area contributed by atoms with Gasteiger partial charge in [0, 0.05) is 36.4 Å². The van der Waals surface area contributed by atoms with Crippen molar-refractivity contribution in [1.82, 2.24) is 4.98 Å². The second-order valence-corrected chi connectivity index (χ2v) is 8.79. The van der Waals surface area contributed by atoms with E-state index in [-0.39, 0.29) is 16.9 Å². The molecule has 2 aromatic rings. The summed E-state index contributed by atoms with van der Waals surface area (Å²) in [6.07, 6.45) is 9.39. The van der Waals surface area contributed by atoms with E-state index in [0.717, 1.165) is 21.1 Å². The molecular weight excluding hydrogens is 418 g/mol. The smallest absolute Gasteiger partial charge is 0.172 e. The van der Waals surface area contributed by atoms with Crippen LogP contribution >= 0.6 is 11.3 Å². The Labute approximate surface area is 191 Å². The molecule has 158 valence electrons. The fraction of sp³-hybridized carbons (Fsp3) is 0.200.